The van der Waals surface area contributed by atoms with Crippen LogP contribution in [0.15, 0.2) is 46.9 Å². The first-order valence-electron chi connectivity index (χ1n) is 8.81. The molecule has 0 saturated carbocycles. The van der Waals surface area contributed by atoms with Gasteiger partial charge in [-0.25, -0.2) is 0 Å². The van der Waals surface area contributed by atoms with Gasteiger partial charge in [0.15, 0.2) is 5.11 Å². The Bertz CT molecular complexity index is 874. The van der Waals surface area contributed by atoms with Crippen LogP contribution in [-0.4, -0.2) is 23.5 Å². The molecule has 6 nitrogen and oxygen atoms in total. The number of hydrogen-bond donors (Lipinski definition) is 3. The van der Waals surface area contributed by atoms with Crippen molar-refractivity contribution < 1.29 is 14.3 Å². The van der Waals surface area contributed by atoms with Crippen LogP contribution in [0, 0.1) is 0 Å². The van der Waals surface area contributed by atoms with E-state index in [0.29, 0.717) is 29.3 Å². The minimum absolute atomic E-state index is 0.143. The SMILES string of the molecule is CCCCOc1ccc(Br)cc1C(=O)NC(=S)Nc1cccc(NC(C)=O)c1. The lowest BCUT2D eigenvalue weighted by atomic mass is 10.2. The van der Waals surface area contributed by atoms with Crippen LogP contribution < -0.4 is 20.7 Å². The summed E-state index contributed by atoms with van der Waals surface area (Å²) in [6.07, 6.45) is 1.91. The number of anilines is 2. The number of halogens is 1. The van der Waals surface area contributed by atoms with E-state index >= 15 is 0 Å². The zero-order valence-electron chi connectivity index (χ0n) is 15.7. The van der Waals surface area contributed by atoms with Crippen molar-refractivity contribution >= 4 is 56.4 Å². The Kier molecular flexibility index (Phi) is 8.41. The quantitative estimate of drug-likeness (QED) is 0.409. The van der Waals surface area contributed by atoms with E-state index < -0.39 is 0 Å². The number of hydrogen-bond acceptors (Lipinski definition) is 4. The Morgan fingerprint density at radius 2 is 1.82 bits per heavy atom. The molecule has 0 unspecified atom stereocenters. The first-order valence-corrected chi connectivity index (χ1v) is 10.0. The first-order chi connectivity index (χ1) is 13.4. The maximum Gasteiger partial charge on any atom is 0.261 e. The molecule has 2 aromatic rings. The third kappa shape index (κ3) is 6.94. The fraction of sp³-hybridized carbons (Fsp3) is 0.250. The van der Waals surface area contributed by atoms with Crippen molar-refractivity contribution in [3.63, 3.8) is 0 Å². The maximum atomic E-state index is 12.7. The summed E-state index contributed by atoms with van der Waals surface area (Å²) >= 11 is 8.62. The van der Waals surface area contributed by atoms with Gasteiger partial charge in [0, 0.05) is 22.8 Å². The summed E-state index contributed by atoms with van der Waals surface area (Å²) < 4.78 is 6.49. The Morgan fingerprint density at radius 3 is 2.50 bits per heavy atom. The van der Waals surface area contributed by atoms with E-state index in [-0.39, 0.29) is 16.9 Å². The lowest BCUT2D eigenvalue weighted by Crippen LogP contribution is -2.34. The first kappa shape index (κ1) is 21.8. The van der Waals surface area contributed by atoms with Gasteiger partial charge in [0.25, 0.3) is 5.91 Å². The lowest BCUT2D eigenvalue weighted by Gasteiger charge is -2.14. The maximum absolute atomic E-state index is 12.7. The van der Waals surface area contributed by atoms with Crippen LogP contribution >= 0.6 is 28.1 Å². The molecule has 28 heavy (non-hydrogen) atoms. The monoisotopic (exact) mass is 463 g/mol. The number of benzene rings is 2. The number of amides is 2. The molecular weight excluding hydrogens is 442 g/mol. The second-order valence-electron chi connectivity index (χ2n) is 6.01. The highest BCUT2D eigenvalue weighted by atomic mass is 79.9. The summed E-state index contributed by atoms with van der Waals surface area (Å²) in [6, 6.07) is 12.3. The molecule has 0 aliphatic rings. The molecule has 0 aromatic heterocycles. The van der Waals surface area contributed by atoms with Gasteiger partial charge in [-0.2, -0.15) is 0 Å². The van der Waals surface area contributed by atoms with Gasteiger partial charge in [0.05, 0.1) is 12.2 Å². The van der Waals surface area contributed by atoms with Crippen molar-refractivity contribution in [1.82, 2.24) is 5.32 Å². The summed E-state index contributed by atoms with van der Waals surface area (Å²) in [4.78, 5) is 23.8. The second-order valence-corrected chi connectivity index (χ2v) is 7.34. The minimum atomic E-state index is -0.372. The Labute approximate surface area is 178 Å². The molecule has 0 atom stereocenters. The van der Waals surface area contributed by atoms with Gasteiger partial charge in [0.1, 0.15) is 5.75 Å². The van der Waals surface area contributed by atoms with Crippen molar-refractivity contribution in [2.75, 3.05) is 17.2 Å². The summed E-state index contributed by atoms with van der Waals surface area (Å²) in [5.74, 6) is -0.0359. The van der Waals surface area contributed by atoms with Crippen molar-refractivity contribution in [3.8, 4) is 5.75 Å². The van der Waals surface area contributed by atoms with Crippen LogP contribution in [0.4, 0.5) is 11.4 Å². The Morgan fingerprint density at radius 1 is 1.11 bits per heavy atom. The number of carbonyl (C=O) groups is 2. The molecule has 0 heterocycles. The smallest absolute Gasteiger partial charge is 0.261 e. The van der Waals surface area contributed by atoms with Crippen LogP contribution in [0.2, 0.25) is 0 Å². The highest BCUT2D eigenvalue weighted by molar-refractivity contribution is 9.10. The van der Waals surface area contributed by atoms with Gasteiger partial charge in [-0.3, -0.25) is 14.9 Å². The van der Waals surface area contributed by atoms with Crippen molar-refractivity contribution in [2.24, 2.45) is 0 Å². The molecule has 2 amide bonds. The van der Waals surface area contributed by atoms with Gasteiger partial charge in [-0.05, 0) is 55.0 Å². The molecule has 0 fully saturated rings. The predicted octanol–water partition coefficient (Wildman–Crippen LogP) is 4.71. The van der Waals surface area contributed by atoms with Crippen molar-refractivity contribution in [2.45, 2.75) is 26.7 Å². The molecule has 0 radical (unpaired) electrons. The Balaban J connectivity index is 2.05. The van der Waals surface area contributed by atoms with Crippen LogP contribution in [-0.2, 0) is 4.79 Å². The van der Waals surface area contributed by atoms with Crippen LogP contribution in [0.3, 0.4) is 0 Å². The van der Waals surface area contributed by atoms with Crippen LogP contribution in [0.5, 0.6) is 5.75 Å². The fourth-order valence-electron chi connectivity index (χ4n) is 2.34. The average Bonchev–Trinajstić information content (AvgIpc) is 2.62. The largest absolute Gasteiger partial charge is 0.493 e. The molecular formula is C20H22BrN3O3S. The molecule has 0 aliphatic carbocycles. The van der Waals surface area contributed by atoms with E-state index in [2.05, 4.69) is 38.8 Å². The molecule has 148 valence electrons. The molecule has 0 aliphatic heterocycles. The standard InChI is InChI=1S/C20H22BrN3O3S/c1-3-4-10-27-18-9-8-14(21)11-17(18)19(26)24-20(28)23-16-7-5-6-15(12-16)22-13(2)25/h5-9,11-12H,3-4,10H2,1-2H3,(H,22,25)(H2,23,24,26,28). The molecule has 2 aromatic carbocycles. The van der Waals surface area contributed by atoms with Gasteiger partial charge >= 0.3 is 0 Å². The van der Waals surface area contributed by atoms with Crippen molar-refractivity contribution in [1.29, 1.82) is 0 Å². The number of ether oxygens (including phenoxy) is 1. The van der Waals surface area contributed by atoms with Crippen molar-refractivity contribution in [3.05, 3.63) is 52.5 Å². The fourth-order valence-corrected chi connectivity index (χ4v) is 2.91. The van der Waals surface area contributed by atoms with Gasteiger partial charge in [0.2, 0.25) is 5.91 Å². The summed E-state index contributed by atoms with van der Waals surface area (Å²) in [5.41, 5.74) is 1.66. The van der Waals surface area contributed by atoms with Gasteiger partial charge in [-0.1, -0.05) is 35.3 Å². The minimum Gasteiger partial charge on any atom is -0.493 e. The summed E-state index contributed by atoms with van der Waals surface area (Å²) in [7, 11) is 0. The topological polar surface area (TPSA) is 79.5 Å². The van der Waals surface area contributed by atoms with E-state index in [1.54, 1.807) is 36.4 Å². The third-order valence-corrected chi connectivity index (χ3v) is 4.31. The van der Waals surface area contributed by atoms with E-state index in [0.717, 1.165) is 17.3 Å². The van der Waals surface area contributed by atoms with E-state index in [1.165, 1.54) is 6.92 Å². The highest BCUT2D eigenvalue weighted by Crippen LogP contribution is 2.24. The number of unbranched alkanes of at least 4 members (excludes halogenated alkanes) is 1. The number of nitrogens with one attached hydrogen (secondary N) is 3. The Hall–Kier alpha value is -2.45. The molecule has 0 saturated heterocycles. The lowest BCUT2D eigenvalue weighted by molar-refractivity contribution is -0.114. The molecule has 3 N–H and O–H groups in total. The number of rotatable bonds is 7. The second kappa shape index (κ2) is 10.8. The summed E-state index contributed by atoms with van der Waals surface area (Å²) in [5, 5.41) is 8.43. The third-order valence-electron chi connectivity index (χ3n) is 3.61. The average molecular weight is 464 g/mol. The molecule has 0 spiro atoms. The number of thiocarbonyl (C=S) groups is 1. The summed E-state index contributed by atoms with van der Waals surface area (Å²) in [6.45, 7) is 4.05. The molecule has 8 heteroatoms. The van der Waals surface area contributed by atoms with Gasteiger partial charge in [-0.15, -0.1) is 0 Å². The predicted molar refractivity (Wildman–Crippen MR) is 119 cm³/mol. The van der Waals surface area contributed by atoms with Crippen LogP contribution in [0.1, 0.15) is 37.0 Å². The van der Waals surface area contributed by atoms with E-state index in [4.69, 9.17) is 17.0 Å². The zero-order valence-corrected chi connectivity index (χ0v) is 18.1. The van der Waals surface area contributed by atoms with E-state index in [1.807, 2.05) is 6.07 Å². The zero-order chi connectivity index (χ0) is 20.5. The normalized spacial score (nSPS) is 10.1. The molecule has 0 bridgehead atoms. The number of carbonyl (C=O) groups excluding carboxylic acids is 2. The van der Waals surface area contributed by atoms with Crippen LogP contribution in [0.25, 0.3) is 0 Å². The van der Waals surface area contributed by atoms with Gasteiger partial charge < -0.3 is 15.4 Å². The highest BCUT2D eigenvalue weighted by Gasteiger charge is 2.15. The van der Waals surface area contributed by atoms with E-state index in [9.17, 15) is 9.59 Å². The molecule has 2 rings (SSSR count).